The Hall–Kier alpha value is -1.50. The second-order valence-corrected chi connectivity index (χ2v) is 8.67. The molecule has 0 spiro atoms. The minimum Gasteiger partial charge on any atom is -0.325 e. The number of hydrogen-bond acceptors (Lipinski definition) is 4. The van der Waals surface area contributed by atoms with E-state index in [1.165, 1.54) is 30.6 Å². The van der Waals surface area contributed by atoms with Gasteiger partial charge in [0.2, 0.25) is 5.91 Å². The molecule has 0 bridgehead atoms. The summed E-state index contributed by atoms with van der Waals surface area (Å²) in [5, 5.41) is 11.5. The molecular weight excluding hydrogens is 380 g/mol. The fraction of sp³-hybridized carbons (Fsp3) is 0.500. The van der Waals surface area contributed by atoms with Crippen molar-refractivity contribution < 1.29 is 4.79 Å². The van der Waals surface area contributed by atoms with Crippen LogP contribution >= 0.6 is 24.2 Å². The molecule has 146 valence electrons. The van der Waals surface area contributed by atoms with Gasteiger partial charge in [0.25, 0.3) is 0 Å². The number of aromatic nitrogens is 2. The summed E-state index contributed by atoms with van der Waals surface area (Å²) in [4.78, 5) is 14.2. The van der Waals surface area contributed by atoms with E-state index in [1.54, 1.807) is 4.68 Å². The predicted octanol–water partition coefficient (Wildman–Crippen LogP) is 3.82. The van der Waals surface area contributed by atoms with E-state index in [2.05, 4.69) is 27.9 Å². The molecule has 2 heterocycles. The quantitative estimate of drug-likeness (QED) is 0.792. The highest BCUT2D eigenvalue weighted by Crippen LogP contribution is 2.38. The Morgan fingerprint density at radius 1 is 1.26 bits per heavy atom. The van der Waals surface area contributed by atoms with Crippen molar-refractivity contribution in [3.05, 3.63) is 42.2 Å². The lowest BCUT2D eigenvalue weighted by Crippen LogP contribution is -2.28. The molecule has 1 saturated heterocycles. The summed E-state index contributed by atoms with van der Waals surface area (Å²) in [6, 6.07) is 8.21. The summed E-state index contributed by atoms with van der Waals surface area (Å²) >= 11 is 1.92. The number of nitrogens with zero attached hydrogens (tertiary/aromatic N) is 2. The van der Waals surface area contributed by atoms with Crippen LogP contribution in [0.5, 0.6) is 0 Å². The first-order valence-corrected chi connectivity index (χ1v) is 10.3. The van der Waals surface area contributed by atoms with Crippen LogP contribution in [-0.2, 0) is 11.8 Å². The minimum atomic E-state index is -0.0660. The Bertz CT molecular complexity index is 775. The molecule has 2 aromatic rings. The lowest BCUT2D eigenvalue weighted by molar-refractivity contribution is -0.119. The van der Waals surface area contributed by atoms with Gasteiger partial charge in [-0.3, -0.25) is 9.48 Å². The number of aryl methyl sites for hydroxylation is 1. The van der Waals surface area contributed by atoms with Crippen molar-refractivity contribution in [1.29, 1.82) is 0 Å². The number of anilines is 1. The maximum atomic E-state index is 13.0. The van der Waals surface area contributed by atoms with E-state index >= 15 is 0 Å². The third-order valence-corrected chi connectivity index (χ3v) is 6.86. The number of carbonyl (C=O) groups is 1. The first-order chi connectivity index (χ1) is 12.7. The van der Waals surface area contributed by atoms with Gasteiger partial charge >= 0.3 is 0 Å². The molecule has 2 N–H and O–H groups in total. The molecule has 1 aromatic heterocycles. The van der Waals surface area contributed by atoms with Gasteiger partial charge in [-0.25, -0.2) is 0 Å². The SMILES string of the molecule is Cl.Cn1cc([C@H]2CNC[C@@H]2C(=O)Nc2ccccc2SC2CCCC2)cn1. The third kappa shape index (κ3) is 4.68. The monoisotopic (exact) mass is 406 g/mol. The van der Waals surface area contributed by atoms with Gasteiger partial charge in [0, 0.05) is 42.4 Å². The van der Waals surface area contributed by atoms with E-state index < -0.39 is 0 Å². The van der Waals surface area contributed by atoms with Crippen molar-refractivity contribution in [2.75, 3.05) is 18.4 Å². The molecule has 2 fully saturated rings. The van der Waals surface area contributed by atoms with Gasteiger partial charge in [0.05, 0.1) is 17.8 Å². The minimum absolute atomic E-state index is 0. The lowest BCUT2D eigenvalue weighted by atomic mass is 9.90. The number of carbonyl (C=O) groups excluding carboxylic acids is 1. The number of halogens is 1. The van der Waals surface area contributed by atoms with E-state index in [4.69, 9.17) is 0 Å². The average Bonchev–Trinajstić information content (AvgIpc) is 3.37. The summed E-state index contributed by atoms with van der Waals surface area (Å²) in [6.45, 7) is 1.53. The van der Waals surface area contributed by atoms with Crippen LogP contribution in [0.1, 0.15) is 37.2 Å². The topological polar surface area (TPSA) is 59.0 Å². The van der Waals surface area contributed by atoms with Crippen LogP contribution in [0, 0.1) is 5.92 Å². The highest BCUT2D eigenvalue weighted by molar-refractivity contribution is 8.00. The van der Waals surface area contributed by atoms with Gasteiger partial charge in [-0.1, -0.05) is 25.0 Å². The Morgan fingerprint density at radius 2 is 2.04 bits per heavy atom. The summed E-state index contributed by atoms with van der Waals surface area (Å²) in [6.07, 6.45) is 9.11. The molecular formula is C20H27ClN4OS. The van der Waals surface area contributed by atoms with Crippen molar-refractivity contribution >= 4 is 35.8 Å². The molecule has 1 aromatic carbocycles. The standard InChI is InChI=1S/C20H26N4OS.ClH/c1-24-13-14(10-22-24)16-11-21-12-17(16)20(25)23-18-8-4-5-9-19(18)26-15-6-2-3-7-15;/h4-5,8-10,13,15-17,21H,2-3,6-7,11-12H2,1H3,(H,23,25);1H/t16-,17+;/m1./s1. The van der Waals surface area contributed by atoms with Crippen molar-refractivity contribution in [2.24, 2.45) is 13.0 Å². The Morgan fingerprint density at radius 3 is 2.78 bits per heavy atom. The van der Waals surface area contributed by atoms with Crippen molar-refractivity contribution in [3.63, 3.8) is 0 Å². The lowest BCUT2D eigenvalue weighted by Gasteiger charge is -2.19. The van der Waals surface area contributed by atoms with E-state index in [0.29, 0.717) is 11.8 Å². The second kappa shape index (κ2) is 9.13. The van der Waals surface area contributed by atoms with Gasteiger partial charge in [-0.15, -0.1) is 24.2 Å². The first kappa shape index (κ1) is 20.2. The largest absolute Gasteiger partial charge is 0.325 e. The maximum Gasteiger partial charge on any atom is 0.229 e. The van der Waals surface area contributed by atoms with E-state index in [1.807, 2.05) is 43.3 Å². The smallest absolute Gasteiger partial charge is 0.229 e. The van der Waals surface area contributed by atoms with Gasteiger partial charge in [0.1, 0.15) is 0 Å². The molecule has 0 radical (unpaired) electrons. The molecule has 1 aliphatic heterocycles. The highest BCUT2D eigenvalue weighted by atomic mass is 35.5. The zero-order chi connectivity index (χ0) is 17.9. The number of thioether (sulfide) groups is 1. The van der Waals surface area contributed by atoms with Crippen molar-refractivity contribution in [3.8, 4) is 0 Å². The van der Waals surface area contributed by atoms with Crippen molar-refractivity contribution in [2.45, 2.75) is 41.7 Å². The van der Waals surface area contributed by atoms with Crippen LogP contribution in [0.2, 0.25) is 0 Å². The fourth-order valence-corrected chi connectivity index (χ4v) is 5.35. The second-order valence-electron chi connectivity index (χ2n) is 7.33. The zero-order valence-corrected chi connectivity index (χ0v) is 17.2. The normalized spacial score (nSPS) is 22.6. The van der Waals surface area contributed by atoms with Crippen LogP contribution in [0.15, 0.2) is 41.6 Å². The third-order valence-electron chi connectivity index (χ3n) is 5.44. The molecule has 4 rings (SSSR count). The Balaban J connectivity index is 0.00000210. The Kier molecular flexibility index (Phi) is 6.84. The number of para-hydroxylation sites is 1. The predicted molar refractivity (Wildman–Crippen MR) is 113 cm³/mol. The first-order valence-electron chi connectivity index (χ1n) is 9.46. The number of benzene rings is 1. The fourth-order valence-electron chi connectivity index (χ4n) is 4.02. The summed E-state index contributed by atoms with van der Waals surface area (Å²) in [7, 11) is 1.91. The van der Waals surface area contributed by atoms with Crippen LogP contribution in [0.3, 0.4) is 0 Å². The van der Waals surface area contributed by atoms with Crippen LogP contribution < -0.4 is 10.6 Å². The van der Waals surface area contributed by atoms with Crippen LogP contribution in [0.4, 0.5) is 5.69 Å². The average molecular weight is 407 g/mol. The molecule has 7 heteroatoms. The van der Waals surface area contributed by atoms with Gasteiger partial charge in [0.15, 0.2) is 0 Å². The van der Waals surface area contributed by atoms with Crippen molar-refractivity contribution in [1.82, 2.24) is 15.1 Å². The maximum absolute atomic E-state index is 13.0. The number of rotatable bonds is 5. The van der Waals surface area contributed by atoms with Gasteiger partial charge in [-0.2, -0.15) is 5.10 Å². The summed E-state index contributed by atoms with van der Waals surface area (Å²) < 4.78 is 1.80. The van der Waals surface area contributed by atoms with Gasteiger partial charge in [-0.05, 0) is 30.5 Å². The molecule has 2 aliphatic rings. The van der Waals surface area contributed by atoms with Crippen LogP contribution in [0.25, 0.3) is 0 Å². The summed E-state index contributed by atoms with van der Waals surface area (Å²) in [5.74, 6) is 0.213. The highest BCUT2D eigenvalue weighted by Gasteiger charge is 2.35. The number of hydrogen-bond donors (Lipinski definition) is 2. The number of amides is 1. The van der Waals surface area contributed by atoms with Crippen LogP contribution in [-0.4, -0.2) is 34.0 Å². The van der Waals surface area contributed by atoms with E-state index in [-0.39, 0.29) is 30.2 Å². The molecule has 27 heavy (non-hydrogen) atoms. The molecule has 1 saturated carbocycles. The zero-order valence-electron chi connectivity index (χ0n) is 15.6. The van der Waals surface area contributed by atoms with E-state index in [0.717, 1.165) is 17.8 Å². The molecule has 1 aliphatic carbocycles. The molecule has 1 amide bonds. The number of nitrogens with one attached hydrogen (secondary N) is 2. The Labute approximate surface area is 171 Å². The molecule has 2 atom stereocenters. The van der Waals surface area contributed by atoms with Gasteiger partial charge < -0.3 is 10.6 Å². The molecule has 0 unspecified atom stereocenters. The summed E-state index contributed by atoms with van der Waals surface area (Å²) in [5.41, 5.74) is 2.08. The molecule has 5 nitrogen and oxygen atoms in total. The van der Waals surface area contributed by atoms with E-state index in [9.17, 15) is 4.79 Å².